The number of aromatic nitrogens is 2. The van der Waals surface area contributed by atoms with E-state index >= 15 is 0 Å². The third-order valence-electron chi connectivity index (χ3n) is 6.46. The molecule has 8 heteroatoms. The summed E-state index contributed by atoms with van der Waals surface area (Å²) in [5.41, 5.74) is 4.40. The van der Waals surface area contributed by atoms with Gasteiger partial charge >= 0.3 is 12.0 Å². The van der Waals surface area contributed by atoms with Gasteiger partial charge in [0.25, 0.3) is 5.91 Å². The number of nitrogens with zero attached hydrogens (tertiary/aromatic N) is 5. The van der Waals surface area contributed by atoms with Crippen LogP contribution in [0.1, 0.15) is 49.3 Å². The molecule has 2 aliphatic rings. The molecular weight excluding hydrogens is 406 g/mol. The fourth-order valence-electron chi connectivity index (χ4n) is 4.21. The van der Waals surface area contributed by atoms with Crippen LogP contribution in [0.4, 0.5) is 10.7 Å². The molecule has 32 heavy (non-hydrogen) atoms. The number of fused-ring (bicyclic) bond motifs is 3. The standard InChI is InChI=1S/C24H30N5O3/c1-13-9-10-14(2)17(11-13)28-15(3)16(4)29-19-20(25-22(28)29)26(8)23(32)27(21(19)31)12-18(30)24(5,6)7/h9-11,19H,12H2,1-8H3/q+1. The Morgan fingerprint density at radius 3 is 2.41 bits per heavy atom. The normalized spacial score (nSPS) is 18.1. The molecule has 2 aliphatic heterocycles. The molecule has 0 radical (unpaired) electrons. The molecule has 0 bridgehead atoms. The lowest BCUT2D eigenvalue weighted by Crippen LogP contribution is -2.64. The van der Waals surface area contributed by atoms with E-state index in [0.29, 0.717) is 11.8 Å². The minimum Gasteiger partial charge on any atom is -0.297 e. The van der Waals surface area contributed by atoms with Gasteiger partial charge in [-0.15, -0.1) is 0 Å². The molecule has 3 heterocycles. The number of imidazole rings is 1. The quantitative estimate of drug-likeness (QED) is 0.694. The van der Waals surface area contributed by atoms with Crippen molar-refractivity contribution in [1.82, 2.24) is 14.4 Å². The largest absolute Gasteiger partial charge is 0.407 e. The predicted octanol–water partition coefficient (Wildman–Crippen LogP) is 3.09. The number of aliphatic imine (C=N–C) groups is 1. The summed E-state index contributed by atoms with van der Waals surface area (Å²) in [6.45, 7) is 13.1. The third kappa shape index (κ3) is 3.08. The van der Waals surface area contributed by atoms with Gasteiger partial charge < -0.3 is 0 Å². The Hall–Kier alpha value is -3.29. The van der Waals surface area contributed by atoms with E-state index in [1.54, 1.807) is 27.8 Å². The third-order valence-corrected chi connectivity index (χ3v) is 6.46. The van der Waals surface area contributed by atoms with E-state index in [1.165, 1.54) is 4.90 Å². The minimum atomic E-state index is -0.773. The first kappa shape index (κ1) is 21.9. The summed E-state index contributed by atoms with van der Waals surface area (Å²) < 4.78 is 3.92. The molecule has 2 aromatic rings. The van der Waals surface area contributed by atoms with Crippen LogP contribution in [0.15, 0.2) is 23.2 Å². The topological polar surface area (TPSA) is 78.9 Å². The van der Waals surface area contributed by atoms with E-state index in [4.69, 9.17) is 4.99 Å². The van der Waals surface area contributed by atoms with Crippen molar-refractivity contribution in [2.24, 2.45) is 10.4 Å². The molecule has 8 nitrogen and oxygen atoms in total. The lowest BCUT2D eigenvalue weighted by atomic mass is 9.90. The number of urea groups is 1. The van der Waals surface area contributed by atoms with Gasteiger partial charge in [0.15, 0.2) is 5.78 Å². The van der Waals surface area contributed by atoms with E-state index in [0.717, 1.165) is 33.1 Å². The maximum Gasteiger partial charge on any atom is 0.407 e. The van der Waals surface area contributed by atoms with Gasteiger partial charge in [-0.25, -0.2) is 9.36 Å². The van der Waals surface area contributed by atoms with Crippen LogP contribution in [0.3, 0.4) is 0 Å². The summed E-state index contributed by atoms with van der Waals surface area (Å²) >= 11 is 0. The Bertz CT molecular complexity index is 1220. The summed E-state index contributed by atoms with van der Waals surface area (Å²) in [5.74, 6) is 0.397. The first-order valence-electron chi connectivity index (χ1n) is 10.8. The molecule has 3 amide bonds. The number of hydrogen-bond acceptors (Lipinski definition) is 4. The molecule has 1 fully saturated rings. The molecule has 1 atom stereocenters. The SMILES string of the molecule is Cc1ccc(C)c(-n2c(C)c(C)[n+]3c2N=C2C3C(=O)N(CC(=O)C(C)(C)C)C(=O)N2C)c1. The Balaban J connectivity index is 1.86. The number of hydrogen-bond donors (Lipinski definition) is 0. The van der Waals surface area contributed by atoms with E-state index in [9.17, 15) is 14.4 Å². The number of amides is 3. The molecule has 1 aromatic heterocycles. The zero-order chi connectivity index (χ0) is 23.7. The minimum absolute atomic E-state index is 0.169. The van der Waals surface area contributed by atoms with E-state index in [-0.39, 0.29) is 12.3 Å². The lowest BCUT2D eigenvalue weighted by molar-refractivity contribution is -0.682. The van der Waals surface area contributed by atoms with Crippen molar-refractivity contribution in [2.45, 2.75) is 54.5 Å². The molecule has 1 aromatic carbocycles. The maximum atomic E-state index is 13.5. The smallest absolute Gasteiger partial charge is 0.297 e. The highest BCUT2D eigenvalue weighted by Gasteiger charge is 2.54. The van der Waals surface area contributed by atoms with Crippen molar-refractivity contribution < 1.29 is 19.0 Å². The number of aryl methyl sites for hydroxylation is 2. The zero-order valence-electron chi connectivity index (χ0n) is 20.0. The number of likely N-dealkylation sites (N-methyl/N-ethyl adjacent to an activating group) is 1. The molecule has 0 aliphatic carbocycles. The van der Waals surface area contributed by atoms with Crippen LogP contribution in [0.25, 0.3) is 5.69 Å². The highest BCUT2D eigenvalue weighted by molar-refractivity contribution is 6.20. The zero-order valence-corrected chi connectivity index (χ0v) is 20.0. The number of imide groups is 1. The Labute approximate surface area is 188 Å². The lowest BCUT2D eigenvalue weighted by Gasteiger charge is -2.34. The van der Waals surface area contributed by atoms with E-state index < -0.39 is 23.4 Å². The number of amidine groups is 1. The van der Waals surface area contributed by atoms with Gasteiger partial charge in [0.05, 0.1) is 6.54 Å². The average Bonchev–Trinajstić information content (AvgIpc) is 3.20. The first-order chi connectivity index (χ1) is 14.8. The molecule has 0 spiro atoms. The van der Waals surface area contributed by atoms with Crippen LogP contribution in [-0.4, -0.2) is 51.5 Å². The molecular formula is C24H30N5O3+. The predicted molar refractivity (Wildman–Crippen MR) is 120 cm³/mol. The highest BCUT2D eigenvalue weighted by atomic mass is 16.2. The molecule has 1 saturated heterocycles. The van der Waals surface area contributed by atoms with Crippen LogP contribution in [0.5, 0.6) is 0 Å². The number of Topliss-reactive ketones (excluding diaryl/α,β-unsaturated/α-hetero) is 1. The number of rotatable bonds is 3. The summed E-state index contributed by atoms with van der Waals surface area (Å²) in [4.78, 5) is 46.4. The van der Waals surface area contributed by atoms with Gasteiger partial charge in [0.1, 0.15) is 17.1 Å². The van der Waals surface area contributed by atoms with Crippen LogP contribution in [-0.2, 0) is 9.59 Å². The number of carbonyl (C=O) groups excluding carboxylic acids is 3. The summed E-state index contributed by atoms with van der Waals surface area (Å²) in [6, 6.07) is 4.91. The fraction of sp³-hybridized carbons (Fsp3) is 0.458. The Morgan fingerprint density at radius 1 is 1.12 bits per heavy atom. The number of ketones is 1. The van der Waals surface area contributed by atoms with Gasteiger partial charge in [-0.05, 0) is 44.9 Å². The van der Waals surface area contributed by atoms with E-state index in [1.807, 2.05) is 36.8 Å². The Kier molecular flexibility index (Phi) is 4.87. The van der Waals surface area contributed by atoms with Gasteiger partial charge in [-0.2, -0.15) is 4.57 Å². The Morgan fingerprint density at radius 2 is 1.78 bits per heavy atom. The van der Waals surface area contributed by atoms with Gasteiger partial charge in [-0.1, -0.05) is 37.9 Å². The monoisotopic (exact) mass is 436 g/mol. The van der Waals surface area contributed by atoms with Crippen LogP contribution >= 0.6 is 0 Å². The molecule has 4 rings (SSSR count). The van der Waals surface area contributed by atoms with Gasteiger partial charge in [-0.3, -0.25) is 19.4 Å². The summed E-state index contributed by atoms with van der Waals surface area (Å²) in [5, 5.41) is 0. The van der Waals surface area contributed by atoms with Crippen molar-refractivity contribution in [2.75, 3.05) is 13.6 Å². The molecule has 0 saturated carbocycles. The van der Waals surface area contributed by atoms with Gasteiger partial charge in [0.2, 0.25) is 11.9 Å². The second-order valence-corrected chi connectivity index (χ2v) is 9.78. The maximum absolute atomic E-state index is 13.5. The number of benzene rings is 1. The molecule has 0 N–H and O–H groups in total. The second-order valence-electron chi connectivity index (χ2n) is 9.78. The number of carbonyl (C=O) groups is 3. The summed E-state index contributed by atoms with van der Waals surface area (Å²) in [6.07, 6.45) is 0. The van der Waals surface area contributed by atoms with Crippen LogP contribution in [0.2, 0.25) is 0 Å². The van der Waals surface area contributed by atoms with Crippen molar-refractivity contribution in [3.8, 4) is 5.69 Å². The van der Waals surface area contributed by atoms with Crippen molar-refractivity contribution in [3.63, 3.8) is 0 Å². The first-order valence-corrected chi connectivity index (χ1v) is 10.8. The van der Waals surface area contributed by atoms with Crippen LogP contribution < -0.4 is 4.57 Å². The van der Waals surface area contributed by atoms with Gasteiger partial charge in [0, 0.05) is 12.5 Å². The van der Waals surface area contributed by atoms with E-state index in [2.05, 4.69) is 18.2 Å². The van der Waals surface area contributed by atoms with Crippen molar-refractivity contribution in [1.29, 1.82) is 0 Å². The van der Waals surface area contributed by atoms with Crippen molar-refractivity contribution >= 4 is 29.5 Å². The average molecular weight is 437 g/mol. The highest BCUT2D eigenvalue weighted by Crippen LogP contribution is 2.34. The molecule has 168 valence electrons. The molecule has 1 unspecified atom stereocenters. The summed E-state index contributed by atoms with van der Waals surface area (Å²) in [7, 11) is 1.60. The van der Waals surface area contributed by atoms with Crippen molar-refractivity contribution in [3.05, 3.63) is 40.7 Å². The fourth-order valence-corrected chi connectivity index (χ4v) is 4.21. The second kappa shape index (κ2) is 7.12. The van der Waals surface area contributed by atoms with Crippen LogP contribution in [0, 0.1) is 33.1 Å².